The van der Waals surface area contributed by atoms with Crippen LogP contribution in [0.25, 0.3) is 22.7 Å². The zero-order valence-corrected chi connectivity index (χ0v) is 21.3. The average Bonchev–Trinajstić information content (AvgIpc) is 3.30. The average molecular weight is 547 g/mol. The number of fused-ring (bicyclic) bond motifs is 1. The minimum absolute atomic E-state index is 0.200. The molecule has 4 aromatic rings. The highest BCUT2D eigenvalue weighted by Gasteiger charge is 2.15. The molecule has 0 saturated heterocycles. The number of carbonyl (C=O) groups is 1. The molecule has 0 bridgehead atoms. The van der Waals surface area contributed by atoms with Gasteiger partial charge in [-0.2, -0.15) is 5.26 Å². The van der Waals surface area contributed by atoms with Crippen LogP contribution in [-0.4, -0.2) is 36.2 Å². The van der Waals surface area contributed by atoms with Gasteiger partial charge < -0.3 is 24.5 Å². The van der Waals surface area contributed by atoms with Gasteiger partial charge in [-0.05, 0) is 70.9 Å². The number of carbonyl (C=O) groups excluding carboxylic acids is 1. The van der Waals surface area contributed by atoms with Crippen LogP contribution in [-0.2, 0) is 4.79 Å². The van der Waals surface area contributed by atoms with Crippen molar-refractivity contribution in [3.63, 3.8) is 0 Å². The topological polar surface area (TPSA) is 109 Å². The molecule has 1 heterocycles. The molecule has 0 fully saturated rings. The standard InChI is InChI=1S/C27H23BrN4O4/c1-3-35-24-13-17(11-18(15-29)27-31-22-10-9-20(34-2)14-23(22)32-27)12-21(28)26(24)36-16-25(33)30-19-7-5-4-6-8-19/h4-14H,3,16H2,1-2H3,(H,30,33)(H,31,32)/b18-11-. The first kappa shape index (κ1) is 24.8. The lowest BCUT2D eigenvalue weighted by atomic mass is 10.1. The molecule has 4 rings (SSSR count). The summed E-state index contributed by atoms with van der Waals surface area (Å²) in [6.45, 7) is 2.04. The Hall–Kier alpha value is -4.29. The Morgan fingerprint density at radius 1 is 1.17 bits per heavy atom. The van der Waals surface area contributed by atoms with Crippen LogP contribution in [0.2, 0.25) is 0 Å². The Labute approximate surface area is 216 Å². The quantitative estimate of drug-likeness (QED) is 0.256. The Morgan fingerprint density at radius 2 is 1.97 bits per heavy atom. The summed E-state index contributed by atoms with van der Waals surface area (Å²) in [5.41, 5.74) is 3.21. The summed E-state index contributed by atoms with van der Waals surface area (Å²) in [4.78, 5) is 20.0. The summed E-state index contributed by atoms with van der Waals surface area (Å²) >= 11 is 3.51. The summed E-state index contributed by atoms with van der Waals surface area (Å²) in [5, 5.41) is 12.6. The molecule has 8 nitrogen and oxygen atoms in total. The number of rotatable bonds is 9. The molecule has 0 radical (unpaired) electrons. The maximum Gasteiger partial charge on any atom is 0.262 e. The second-order valence-corrected chi connectivity index (χ2v) is 8.46. The predicted octanol–water partition coefficient (Wildman–Crippen LogP) is 5.81. The number of allylic oxidation sites excluding steroid dienone is 1. The molecule has 2 N–H and O–H groups in total. The number of methoxy groups -OCH3 is 1. The molecule has 0 atom stereocenters. The maximum atomic E-state index is 12.3. The fraction of sp³-hybridized carbons (Fsp3) is 0.148. The van der Waals surface area contributed by atoms with E-state index in [2.05, 4.69) is 37.3 Å². The van der Waals surface area contributed by atoms with Gasteiger partial charge in [-0.25, -0.2) is 4.98 Å². The van der Waals surface area contributed by atoms with Crippen LogP contribution in [0, 0.1) is 11.3 Å². The molecular weight excluding hydrogens is 524 g/mol. The number of amides is 1. The number of hydrogen-bond donors (Lipinski definition) is 2. The molecule has 3 aromatic carbocycles. The van der Waals surface area contributed by atoms with Crippen molar-refractivity contribution in [2.24, 2.45) is 0 Å². The maximum absolute atomic E-state index is 12.3. The third-order valence-electron chi connectivity index (χ3n) is 5.11. The summed E-state index contributed by atoms with van der Waals surface area (Å²) in [5.74, 6) is 1.67. The number of nitrogens with one attached hydrogen (secondary N) is 2. The van der Waals surface area contributed by atoms with Gasteiger partial charge in [0.05, 0.1) is 34.8 Å². The van der Waals surface area contributed by atoms with Crippen molar-refractivity contribution < 1.29 is 19.0 Å². The smallest absolute Gasteiger partial charge is 0.262 e. The highest BCUT2D eigenvalue weighted by atomic mass is 79.9. The molecule has 9 heteroatoms. The highest BCUT2D eigenvalue weighted by Crippen LogP contribution is 2.38. The van der Waals surface area contributed by atoms with E-state index in [4.69, 9.17) is 14.2 Å². The summed E-state index contributed by atoms with van der Waals surface area (Å²) < 4.78 is 17.4. The normalized spacial score (nSPS) is 11.1. The molecule has 1 amide bonds. The molecule has 0 aliphatic carbocycles. The molecule has 0 saturated carbocycles. The lowest BCUT2D eigenvalue weighted by Crippen LogP contribution is -2.20. The Kier molecular flexibility index (Phi) is 7.88. The van der Waals surface area contributed by atoms with Crippen molar-refractivity contribution in [1.82, 2.24) is 9.97 Å². The molecule has 36 heavy (non-hydrogen) atoms. The minimum Gasteiger partial charge on any atom is -0.497 e. The predicted molar refractivity (Wildman–Crippen MR) is 142 cm³/mol. The zero-order valence-electron chi connectivity index (χ0n) is 19.7. The van der Waals surface area contributed by atoms with Crippen LogP contribution in [0.1, 0.15) is 18.3 Å². The number of benzene rings is 3. The first-order valence-corrected chi connectivity index (χ1v) is 11.9. The second kappa shape index (κ2) is 11.4. The SMILES string of the molecule is CCOc1cc(/C=C(/C#N)c2nc3ccc(OC)cc3[nH]2)cc(Br)c1OCC(=O)Nc1ccccc1. The van der Waals surface area contributed by atoms with E-state index in [1.165, 1.54) is 0 Å². The van der Waals surface area contributed by atoms with Crippen molar-refractivity contribution in [1.29, 1.82) is 5.26 Å². The van der Waals surface area contributed by atoms with Crippen molar-refractivity contribution in [3.05, 3.63) is 76.5 Å². The summed E-state index contributed by atoms with van der Waals surface area (Å²) in [7, 11) is 1.59. The molecule has 182 valence electrons. The second-order valence-electron chi connectivity index (χ2n) is 7.60. The number of halogens is 1. The van der Waals surface area contributed by atoms with Crippen LogP contribution < -0.4 is 19.5 Å². The molecule has 0 aliphatic rings. The number of H-pyrrole nitrogens is 1. The molecule has 0 spiro atoms. The number of aromatic amines is 1. The number of imidazole rings is 1. The van der Waals surface area contributed by atoms with Crippen molar-refractivity contribution in [2.75, 3.05) is 25.6 Å². The molecule has 0 aliphatic heterocycles. The Balaban J connectivity index is 1.58. The van der Waals surface area contributed by atoms with E-state index in [-0.39, 0.29) is 12.5 Å². The zero-order chi connectivity index (χ0) is 25.5. The third-order valence-corrected chi connectivity index (χ3v) is 5.70. The van der Waals surface area contributed by atoms with Crippen molar-refractivity contribution in [2.45, 2.75) is 6.92 Å². The van der Waals surface area contributed by atoms with Crippen LogP contribution in [0.4, 0.5) is 5.69 Å². The largest absolute Gasteiger partial charge is 0.497 e. The highest BCUT2D eigenvalue weighted by molar-refractivity contribution is 9.10. The fourth-order valence-corrected chi connectivity index (χ4v) is 4.07. The van der Waals surface area contributed by atoms with Crippen molar-refractivity contribution >= 4 is 50.2 Å². The first-order valence-electron chi connectivity index (χ1n) is 11.1. The van der Waals surface area contributed by atoms with Gasteiger partial charge in [0.15, 0.2) is 18.1 Å². The first-order chi connectivity index (χ1) is 17.5. The number of nitrogens with zero attached hydrogens (tertiary/aromatic N) is 2. The third kappa shape index (κ3) is 5.85. The van der Waals surface area contributed by atoms with E-state index in [9.17, 15) is 10.1 Å². The summed E-state index contributed by atoms with van der Waals surface area (Å²) in [6.07, 6.45) is 1.70. The minimum atomic E-state index is -0.298. The van der Waals surface area contributed by atoms with Crippen LogP contribution in [0.15, 0.2) is 65.1 Å². The van der Waals surface area contributed by atoms with Gasteiger partial charge in [0.2, 0.25) is 0 Å². The molecule has 0 unspecified atom stereocenters. The van der Waals surface area contributed by atoms with Crippen LogP contribution in [0.3, 0.4) is 0 Å². The van der Waals surface area contributed by atoms with Gasteiger partial charge >= 0.3 is 0 Å². The number of aromatic nitrogens is 2. The lowest BCUT2D eigenvalue weighted by molar-refractivity contribution is -0.118. The van der Waals surface area contributed by atoms with E-state index in [1.54, 1.807) is 37.5 Å². The van der Waals surface area contributed by atoms with Crippen molar-refractivity contribution in [3.8, 4) is 23.3 Å². The van der Waals surface area contributed by atoms with Gasteiger partial charge in [-0.3, -0.25) is 4.79 Å². The van der Waals surface area contributed by atoms with Gasteiger partial charge in [0.1, 0.15) is 17.6 Å². The van der Waals surface area contributed by atoms with Gasteiger partial charge in [-0.15, -0.1) is 0 Å². The molecular formula is C27H23BrN4O4. The summed E-state index contributed by atoms with van der Waals surface area (Å²) in [6, 6.07) is 20.3. The van der Waals surface area contributed by atoms with Gasteiger partial charge in [0, 0.05) is 11.8 Å². The monoisotopic (exact) mass is 546 g/mol. The number of hydrogen-bond acceptors (Lipinski definition) is 6. The number of nitriles is 1. The van der Waals surface area contributed by atoms with E-state index < -0.39 is 0 Å². The lowest BCUT2D eigenvalue weighted by Gasteiger charge is -2.15. The van der Waals surface area contributed by atoms with Gasteiger partial charge in [0.25, 0.3) is 5.91 Å². The Bertz CT molecular complexity index is 1460. The van der Waals surface area contributed by atoms with E-state index >= 15 is 0 Å². The molecule has 1 aromatic heterocycles. The fourth-order valence-electron chi connectivity index (χ4n) is 3.49. The number of anilines is 1. The number of ether oxygens (including phenoxy) is 3. The van der Waals surface area contributed by atoms with E-state index in [0.717, 1.165) is 11.0 Å². The number of para-hydroxylation sites is 1. The van der Waals surface area contributed by atoms with Crippen LogP contribution >= 0.6 is 15.9 Å². The van der Waals surface area contributed by atoms with Gasteiger partial charge in [-0.1, -0.05) is 18.2 Å². The van der Waals surface area contributed by atoms with Crippen LogP contribution in [0.5, 0.6) is 17.2 Å². The Morgan fingerprint density at radius 3 is 2.69 bits per heavy atom. The van der Waals surface area contributed by atoms with E-state index in [1.807, 2.05) is 43.3 Å². The van der Waals surface area contributed by atoms with E-state index in [0.29, 0.717) is 51.0 Å².